The predicted octanol–water partition coefficient (Wildman–Crippen LogP) is 2.86. The van der Waals surface area contributed by atoms with Crippen LogP contribution in [0.3, 0.4) is 0 Å². The summed E-state index contributed by atoms with van der Waals surface area (Å²) in [6.07, 6.45) is 1.01. The van der Waals surface area contributed by atoms with Crippen LogP contribution < -0.4 is 4.72 Å². The second-order valence-corrected chi connectivity index (χ2v) is 8.09. The molecule has 8 nitrogen and oxygen atoms in total. The van der Waals surface area contributed by atoms with Crippen LogP contribution in [0.4, 0.5) is 4.39 Å². The van der Waals surface area contributed by atoms with Gasteiger partial charge in [0.25, 0.3) is 10.0 Å². The zero-order valence-corrected chi connectivity index (χ0v) is 16.3. The summed E-state index contributed by atoms with van der Waals surface area (Å²) >= 11 is 0. The van der Waals surface area contributed by atoms with E-state index in [9.17, 15) is 17.6 Å². The molecule has 0 atom stereocenters. The van der Waals surface area contributed by atoms with Crippen molar-refractivity contribution in [2.75, 3.05) is 0 Å². The van der Waals surface area contributed by atoms with Crippen molar-refractivity contribution in [2.24, 2.45) is 0 Å². The summed E-state index contributed by atoms with van der Waals surface area (Å²) in [5, 5.41) is 8.10. The van der Waals surface area contributed by atoms with Gasteiger partial charge in [-0.3, -0.25) is 9.78 Å². The van der Waals surface area contributed by atoms with Crippen LogP contribution in [0, 0.1) is 5.82 Å². The molecule has 2 heterocycles. The van der Waals surface area contributed by atoms with E-state index in [0.717, 1.165) is 11.8 Å². The summed E-state index contributed by atoms with van der Waals surface area (Å²) < 4.78 is 45.8. The van der Waals surface area contributed by atoms with Gasteiger partial charge in [0.05, 0.1) is 5.52 Å². The molecule has 2 aromatic carbocycles. The Bertz CT molecular complexity index is 1320. The van der Waals surface area contributed by atoms with E-state index in [2.05, 4.69) is 15.2 Å². The predicted molar refractivity (Wildman–Crippen MR) is 105 cm³/mol. The molecule has 0 unspecified atom stereocenters. The number of hydrogen-bond donors (Lipinski definition) is 1. The van der Waals surface area contributed by atoms with Crippen molar-refractivity contribution in [2.45, 2.75) is 17.7 Å². The van der Waals surface area contributed by atoms with E-state index in [1.807, 2.05) is 22.9 Å². The van der Waals surface area contributed by atoms with Crippen LogP contribution in [0.5, 0.6) is 0 Å². The fourth-order valence-electron chi connectivity index (χ4n) is 2.76. The third-order valence-corrected chi connectivity index (χ3v) is 5.57. The fraction of sp³-hybridized carbons (Fsp3) is 0.100. The van der Waals surface area contributed by atoms with E-state index < -0.39 is 21.7 Å². The Hall–Kier alpha value is -3.66. The molecule has 4 aromatic rings. The van der Waals surface area contributed by atoms with Crippen molar-refractivity contribution >= 4 is 26.8 Å². The second kappa shape index (κ2) is 7.99. The van der Waals surface area contributed by atoms with Gasteiger partial charge < -0.3 is 4.42 Å². The lowest BCUT2D eigenvalue weighted by Gasteiger charge is -2.07. The molecule has 0 spiro atoms. The summed E-state index contributed by atoms with van der Waals surface area (Å²) in [5.74, 6) is -0.733. The van der Waals surface area contributed by atoms with E-state index >= 15 is 0 Å². The number of aryl methyl sites for hydroxylation is 1. The third kappa shape index (κ3) is 4.33. The zero-order chi connectivity index (χ0) is 21.1. The molecule has 30 heavy (non-hydrogen) atoms. The van der Waals surface area contributed by atoms with Crippen molar-refractivity contribution in [3.8, 4) is 11.5 Å². The number of rotatable bonds is 6. The van der Waals surface area contributed by atoms with Crippen LogP contribution >= 0.6 is 0 Å². The average Bonchev–Trinajstić information content (AvgIpc) is 3.21. The molecule has 4 rings (SSSR count). The van der Waals surface area contributed by atoms with E-state index in [-0.39, 0.29) is 23.6 Å². The molecule has 0 aliphatic heterocycles. The van der Waals surface area contributed by atoms with Crippen LogP contribution in [-0.4, -0.2) is 29.5 Å². The summed E-state index contributed by atoms with van der Waals surface area (Å²) in [7, 11) is -4.16. The first kappa shape index (κ1) is 19.6. The molecule has 0 saturated carbocycles. The Morgan fingerprint density at radius 1 is 1.07 bits per heavy atom. The third-order valence-electron chi connectivity index (χ3n) is 4.23. The normalized spacial score (nSPS) is 11.5. The van der Waals surface area contributed by atoms with E-state index in [0.29, 0.717) is 16.8 Å². The maximum atomic E-state index is 13.4. The van der Waals surface area contributed by atoms with Gasteiger partial charge in [-0.1, -0.05) is 18.2 Å². The average molecular weight is 426 g/mol. The van der Waals surface area contributed by atoms with Gasteiger partial charge in [-0.05, 0) is 36.4 Å². The quantitative estimate of drug-likeness (QED) is 0.504. The summed E-state index contributed by atoms with van der Waals surface area (Å²) in [6.45, 7) is 0. The minimum absolute atomic E-state index is 0.0718. The van der Waals surface area contributed by atoms with Crippen molar-refractivity contribution in [1.29, 1.82) is 0 Å². The zero-order valence-electron chi connectivity index (χ0n) is 15.4. The first-order chi connectivity index (χ1) is 14.4. The number of pyridine rings is 1. The van der Waals surface area contributed by atoms with Crippen LogP contribution in [0.1, 0.15) is 12.3 Å². The highest BCUT2D eigenvalue weighted by atomic mass is 32.2. The molecule has 0 saturated heterocycles. The van der Waals surface area contributed by atoms with Crippen molar-refractivity contribution < 1.29 is 22.0 Å². The Morgan fingerprint density at radius 3 is 2.67 bits per heavy atom. The Labute approximate surface area is 170 Å². The van der Waals surface area contributed by atoms with Crippen LogP contribution in [0.25, 0.3) is 22.4 Å². The number of halogens is 1. The summed E-state index contributed by atoms with van der Waals surface area (Å²) in [4.78, 5) is 15.9. The minimum atomic E-state index is -4.16. The van der Waals surface area contributed by atoms with Gasteiger partial charge in [0.15, 0.2) is 0 Å². The molecule has 0 fully saturated rings. The molecule has 2 aromatic heterocycles. The number of carbonyl (C=O) groups excluding carboxylic acids is 1. The van der Waals surface area contributed by atoms with E-state index in [1.54, 1.807) is 12.1 Å². The van der Waals surface area contributed by atoms with Gasteiger partial charge >= 0.3 is 0 Å². The first-order valence-corrected chi connectivity index (χ1v) is 10.4. The highest BCUT2D eigenvalue weighted by Gasteiger charge is 2.19. The van der Waals surface area contributed by atoms with Gasteiger partial charge in [-0.25, -0.2) is 17.5 Å². The minimum Gasteiger partial charge on any atom is -0.421 e. The molecule has 0 bridgehead atoms. The number of carbonyl (C=O) groups is 1. The molecule has 1 amide bonds. The van der Waals surface area contributed by atoms with Gasteiger partial charge in [-0.15, -0.1) is 10.2 Å². The highest BCUT2D eigenvalue weighted by Crippen LogP contribution is 2.19. The lowest BCUT2D eigenvalue weighted by atomic mass is 10.2. The van der Waals surface area contributed by atoms with Gasteiger partial charge in [0, 0.05) is 30.0 Å². The van der Waals surface area contributed by atoms with Crippen molar-refractivity contribution in [3.63, 3.8) is 0 Å². The highest BCUT2D eigenvalue weighted by molar-refractivity contribution is 7.90. The van der Waals surface area contributed by atoms with E-state index in [1.165, 1.54) is 24.3 Å². The number of aromatic nitrogens is 3. The number of sulfonamides is 1. The number of fused-ring (bicyclic) bond motifs is 1. The van der Waals surface area contributed by atoms with Gasteiger partial charge in [0.1, 0.15) is 10.7 Å². The second-order valence-electron chi connectivity index (χ2n) is 6.40. The molecular formula is C20H15FN4O4S. The molecule has 0 aliphatic carbocycles. The van der Waals surface area contributed by atoms with Crippen LogP contribution in [0.2, 0.25) is 0 Å². The topological polar surface area (TPSA) is 115 Å². The Balaban J connectivity index is 1.42. The van der Waals surface area contributed by atoms with Crippen molar-refractivity contribution in [3.05, 3.63) is 72.5 Å². The fourth-order valence-corrected chi connectivity index (χ4v) is 3.75. The molecular weight excluding hydrogens is 411 g/mol. The lowest BCUT2D eigenvalue weighted by Crippen LogP contribution is -2.30. The largest absolute Gasteiger partial charge is 0.421 e. The maximum absolute atomic E-state index is 13.4. The SMILES string of the molecule is O=C(CCc1nnc(-c2ccccc2)o1)NS(=O)(=O)c1cnc2ccc(F)cc2c1. The molecule has 10 heteroatoms. The number of hydrogen-bond acceptors (Lipinski definition) is 7. The molecule has 152 valence electrons. The monoisotopic (exact) mass is 426 g/mol. The number of benzene rings is 2. The van der Waals surface area contributed by atoms with E-state index in [4.69, 9.17) is 4.42 Å². The molecule has 0 aliphatic rings. The van der Waals surface area contributed by atoms with Crippen molar-refractivity contribution in [1.82, 2.24) is 19.9 Å². The summed E-state index contributed by atoms with van der Waals surface area (Å²) in [5.41, 5.74) is 1.18. The first-order valence-electron chi connectivity index (χ1n) is 8.89. The van der Waals surface area contributed by atoms with Gasteiger partial charge in [0.2, 0.25) is 17.7 Å². The standard InChI is InChI=1S/C20H15FN4O4S/c21-15-6-7-17-14(10-15)11-16(12-22-17)30(27,28)25-18(26)8-9-19-23-24-20(29-19)13-4-2-1-3-5-13/h1-7,10-12H,8-9H2,(H,25,26). The van der Waals surface area contributed by atoms with Crippen LogP contribution in [-0.2, 0) is 21.2 Å². The smallest absolute Gasteiger partial charge is 0.265 e. The lowest BCUT2D eigenvalue weighted by molar-refractivity contribution is -0.119. The maximum Gasteiger partial charge on any atom is 0.265 e. The number of nitrogens with zero attached hydrogens (tertiary/aromatic N) is 3. The Morgan fingerprint density at radius 2 is 1.87 bits per heavy atom. The summed E-state index contributed by atoms with van der Waals surface area (Å²) in [6, 6.07) is 14.2. The molecule has 1 N–H and O–H groups in total. The molecule has 0 radical (unpaired) electrons. The number of nitrogens with one attached hydrogen (secondary N) is 1. The van der Waals surface area contributed by atoms with Gasteiger partial charge in [-0.2, -0.15) is 0 Å². The Kier molecular flexibility index (Phi) is 5.23. The number of amides is 1. The van der Waals surface area contributed by atoms with Crippen LogP contribution in [0.15, 0.2) is 70.1 Å².